The van der Waals surface area contributed by atoms with Crippen LogP contribution in [0, 0.1) is 0 Å². The molecule has 2 aromatic carbocycles. The van der Waals surface area contributed by atoms with Crippen LogP contribution >= 0.6 is 12.6 Å². The molecular formula is C35H50O4S. The summed E-state index contributed by atoms with van der Waals surface area (Å²) >= 11 is 4.99. The highest BCUT2D eigenvalue weighted by Crippen LogP contribution is 2.49. The van der Waals surface area contributed by atoms with Crippen molar-refractivity contribution in [2.24, 2.45) is 0 Å². The number of thiol groups is 1. The number of hydrogen-bond donors (Lipinski definition) is 4. The van der Waals surface area contributed by atoms with Crippen molar-refractivity contribution in [2.75, 3.05) is 0 Å². The van der Waals surface area contributed by atoms with Gasteiger partial charge in [-0.3, -0.25) is 4.79 Å². The molecular weight excluding hydrogens is 516 g/mol. The molecule has 0 saturated heterocycles. The Bertz CT molecular complexity index is 1310. The molecule has 220 valence electrons. The standard InChI is InChI=1S/C35H50O4S/c1-13-15-34(9,10)26-18-21(17-24(29(26)38)32(3,4)5)22(20-27(36)37)23-19-25(33(6,7)8)30(39)28(31(23)40)35(11,12)16-14-2/h13-19,22,38-40H,20H2,1-12H3,(H,36,37)/b15-13+,16-14+. The second kappa shape index (κ2) is 11.7. The predicted molar refractivity (Wildman–Crippen MR) is 171 cm³/mol. The van der Waals surface area contributed by atoms with Crippen LogP contribution in [0.5, 0.6) is 11.5 Å². The number of allylic oxidation sites excluding steroid dienone is 4. The van der Waals surface area contributed by atoms with Gasteiger partial charge in [0.25, 0.3) is 0 Å². The molecule has 0 spiro atoms. The van der Waals surface area contributed by atoms with Crippen molar-refractivity contribution in [1.29, 1.82) is 0 Å². The quantitative estimate of drug-likeness (QED) is 0.190. The Kier molecular flexibility index (Phi) is 9.79. The van der Waals surface area contributed by atoms with Gasteiger partial charge in [0.2, 0.25) is 0 Å². The van der Waals surface area contributed by atoms with Crippen molar-refractivity contribution in [1.82, 2.24) is 0 Å². The summed E-state index contributed by atoms with van der Waals surface area (Å²) in [6.45, 7) is 24.3. The Morgan fingerprint density at radius 1 is 0.775 bits per heavy atom. The second-order valence-electron chi connectivity index (χ2n) is 14.1. The van der Waals surface area contributed by atoms with Crippen molar-refractivity contribution in [3.8, 4) is 11.5 Å². The smallest absolute Gasteiger partial charge is 0.304 e. The zero-order chi connectivity index (χ0) is 31.0. The number of carboxylic acids is 1. The molecule has 0 saturated carbocycles. The first-order chi connectivity index (χ1) is 18.1. The van der Waals surface area contributed by atoms with E-state index in [2.05, 4.69) is 0 Å². The van der Waals surface area contributed by atoms with E-state index in [0.29, 0.717) is 10.5 Å². The number of carboxylic acid groups (broad SMARTS) is 1. The number of carbonyl (C=O) groups is 1. The maximum absolute atomic E-state index is 12.4. The van der Waals surface area contributed by atoms with E-state index >= 15 is 0 Å². The Labute approximate surface area is 247 Å². The van der Waals surface area contributed by atoms with Crippen molar-refractivity contribution < 1.29 is 20.1 Å². The maximum Gasteiger partial charge on any atom is 0.304 e. The SMILES string of the molecule is C/C=C/C(C)(C)c1cc(C(CC(=O)O)c2cc(C(C)(C)C)c(O)c(C(C)(C)/C=C/C)c2S)cc(C(C)(C)C)c1O. The Balaban J connectivity index is 3.16. The maximum atomic E-state index is 12.4. The third kappa shape index (κ3) is 6.97. The molecule has 0 heterocycles. The van der Waals surface area contributed by atoms with Gasteiger partial charge in [0.05, 0.1) is 6.42 Å². The van der Waals surface area contributed by atoms with Gasteiger partial charge in [0, 0.05) is 32.8 Å². The van der Waals surface area contributed by atoms with Crippen LogP contribution in [0.3, 0.4) is 0 Å². The van der Waals surface area contributed by atoms with Crippen molar-refractivity contribution in [2.45, 2.75) is 122 Å². The van der Waals surface area contributed by atoms with Crippen LogP contribution in [0.15, 0.2) is 47.4 Å². The monoisotopic (exact) mass is 566 g/mol. The highest BCUT2D eigenvalue weighted by atomic mass is 32.1. The highest BCUT2D eigenvalue weighted by molar-refractivity contribution is 7.80. The summed E-state index contributed by atoms with van der Waals surface area (Å²) in [5.41, 5.74) is 2.65. The van der Waals surface area contributed by atoms with Gasteiger partial charge in [-0.2, -0.15) is 0 Å². The summed E-state index contributed by atoms with van der Waals surface area (Å²) in [5.74, 6) is -1.07. The van der Waals surface area contributed by atoms with Gasteiger partial charge in [0.1, 0.15) is 11.5 Å². The molecule has 3 N–H and O–H groups in total. The van der Waals surface area contributed by atoms with Crippen LogP contribution in [0.1, 0.15) is 129 Å². The van der Waals surface area contributed by atoms with Crippen LogP contribution in [-0.2, 0) is 26.5 Å². The first kappa shape index (κ1) is 33.5. The average molecular weight is 567 g/mol. The first-order valence-corrected chi connectivity index (χ1v) is 14.5. The number of rotatable bonds is 8. The van der Waals surface area contributed by atoms with Crippen LogP contribution < -0.4 is 0 Å². The minimum atomic E-state index is -0.933. The molecule has 2 aromatic rings. The molecule has 0 bridgehead atoms. The molecule has 0 aliphatic rings. The van der Waals surface area contributed by atoms with Gasteiger partial charge in [0.15, 0.2) is 0 Å². The Morgan fingerprint density at radius 2 is 1.23 bits per heavy atom. The second-order valence-corrected chi connectivity index (χ2v) is 14.6. The molecule has 1 atom stereocenters. The molecule has 0 aliphatic heterocycles. The third-order valence-electron chi connectivity index (χ3n) is 7.71. The van der Waals surface area contributed by atoms with Gasteiger partial charge < -0.3 is 15.3 Å². The predicted octanol–water partition coefficient (Wildman–Crippen LogP) is 9.30. The third-order valence-corrected chi connectivity index (χ3v) is 8.19. The van der Waals surface area contributed by atoms with Gasteiger partial charge in [-0.15, -0.1) is 12.6 Å². The highest BCUT2D eigenvalue weighted by Gasteiger charge is 2.35. The van der Waals surface area contributed by atoms with E-state index in [-0.39, 0.29) is 23.3 Å². The van der Waals surface area contributed by atoms with Crippen molar-refractivity contribution >= 4 is 18.6 Å². The van der Waals surface area contributed by atoms with E-state index in [0.717, 1.165) is 27.8 Å². The first-order valence-electron chi connectivity index (χ1n) is 14.1. The molecule has 2 rings (SSSR count). The Morgan fingerprint density at radius 3 is 1.68 bits per heavy atom. The molecule has 0 amide bonds. The zero-order valence-corrected chi connectivity index (χ0v) is 27.4. The summed E-state index contributed by atoms with van der Waals surface area (Å²) in [6.07, 6.45) is 7.83. The number of phenolic OH excluding ortho intramolecular Hbond substituents is 2. The van der Waals surface area contributed by atoms with Crippen molar-refractivity contribution in [3.05, 3.63) is 75.9 Å². The molecule has 0 fully saturated rings. The molecule has 0 aliphatic carbocycles. The summed E-state index contributed by atoms with van der Waals surface area (Å²) in [4.78, 5) is 13.0. The lowest BCUT2D eigenvalue weighted by Gasteiger charge is -2.33. The molecule has 4 nitrogen and oxygen atoms in total. The van der Waals surface area contributed by atoms with Gasteiger partial charge in [-0.05, 0) is 53.0 Å². The van der Waals surface area contributed by atoms with E-state index in [1.807, 2.05) is 126 Å². The number of benzene rings is 2. The van der Waals surface area contributed by atoms with Crippen molar-refractivity contribution in [3.63, 3.8) is 0 Å². The fourth-order valence-electron chi connectivity index (χ4n) is 5.64. The summed E-state index contributed by atoms with van der Waals surface area (Å²) < 4.78 is 0. The lowest BCUT2D eigenvalue weighted by molar-refractivity contribution is -0.137. The number of aromatic hydroxyl groups is 2. The number of aliphatic carboxylic acids is 1. The Hall–Kier alpha value is -2.66. The topological polar surface area (TPSA) is 77.8 Å². The molecule has 1 unspecified atom stereocenters. The van der Waals surface area contributed by atoms with E-state index in [9.17, 15) is 20.1 Å². The van der Waals surface area contributed by atoms with Crippen LogP contribution in [0.25, 0.3) is 0 Å². The molecule has 5 heteroatoms. The summed E-state index contributed by atoms with van der Waals surface area (Å²) in [6, 6.07) is 5.83. The van der Waals surface area contributed by atoms with Crippen LogP contribution in [0.2, 0.25) is 0 Å². The molecule has 0 radical (unpaired) electrons. The van der Waals surface area contributed by atoms with Crippen LogP contribution in [-0.4, -0.2) is 21.3 Å². The number of phenols is 2. The normalized spacial score (nSPS) is 14.3. The lowest BCUT2D eigenvalue weighted by atomic mass is 9.72. The largest absolute Gasteiger partial charge is 0.507 e. The summed E-state index contributed by atoms with van der Waals surface area (Å²) in [5, 5.41) is 33.2. The minimum Gasteiger partial charge on any atom is -0.507 e. The number of hydrogen-bond acceptors (Lipinski definition) is 4. The summed E-state index contributed by atoms with van der Waals surface area (Å²) in [7, 11) is 0. The zero-order valence-electron chi connectivity index (χ0n) is 26.5. The molecule has 0 aromatic heterocycles. The fraction of sp³-hybridized carbons (Fsp3) is 0.514. The van der Waals surface area contributed by atoms with E-state index in [1.165, 1.54) is 0 Å². The fourth-order valence-corrected chi connectivity index (χ4v) is 6.25. The van der Waals surface area contributed by atoms with Gasteiger partial charge in [-0.1, -0.05) is 106 Å². The molecule has 40 heavy (non-hydrogen) atoms. The lowest BCUT2D eigenvalue weighted by Crippen LogP contribution is -2.22. The van der Waals surface area contributed by atoms with Crippen LogP contribution in [0.4, 0.5) is 0 Å². The van der Waals surface area contributed by atoms with E-state index in [1.54, 1.807) is 0 Å². The van der Waals surface area contributed by atoms with Gasteiger partial charge in [-0.25, -0.2) is 0 Å². The average Bonchev–Trinajstić information content (AvgIpc) is 2.76. The van der Waals surface area contributed by atoms with E-state index < -0.39 is 28.1 Å². The minimum absolute atomic E-state index is 0.163. The van der Waals surface area contributed by atoms with Gasteiger partial charge >= 0.3 is 5.97 Å². The van der Waals surface area contributed by atoms with E-state index in [4.69, 9.17) is 12.6 Å².